The van der Waals surface area contributed by atoms with E-state index in [9.17, 15) is 4.79 Å². The summed E-state index contributed by atoms with van der Waals surface area (Å²) in [5.74, 6) is 0.187. The molecule has 3 atom stereocenters. The lowest BCUT2D eigenvalue weighted by molar-refractivity contribution is -0.143. The standard InChI is InChI=1S/C9H18O3Si/c1-6-7(9(10)11-2)8(6)12-13(3,4)5/h6-8H,1-5H3/t6-,7+,8-/m0/s1. The number of carbonyl (C=O) groups excluding carboxylic acids is 1. The minimum Gasteiger partial charge on any atom is -0.469 e. The first-order chi connectivity index (χ1) is 5.87. The number of methoxy groups -OCH3 is 1. The van der Waals surface area contributed by atoms with Crippen LogP contribution in [0, 0.1) is 11.8 Å². The molecule has 1 aliphatic rings. The molecule has 13 heavy (non-hydrogen) atoms. The molecule has 76 valence electrons. The Kier molecular flexibility index (Phi) is 2.82. The number of hydrogen-bond donors (Lipinski definition) is 0. The van der Waals surface area contributed by atoms with Crippen molar-refractivity contribution in [3.8, 4) is 0 Å². The van der Waals surface area contributed by atoms with Crippen molar-refractivity contribution in [2.45, 2.75) is 32.7 Å². The van der Waals surface area contributed by atoms with Crippen molar-refractivity contribution >= 4 is 14.3 Å². The summed E-state index contributed by atoms with van der Waals surface area (Å²) in [6, 6.07) is 0. The highest BCUT2D eigenvalue weighted by Crippen LogP contribution is 2.43. The number of carbonyl (C=O) groups is 1. The van der Waals surface area contributed by atoms with Gasteiger partial charge in [-0.3, -0.25) is 4.79 Å². The van der Waals surface area contributed by atoms with Gasteiger partial charge < -0.3 is 9.16 Å². The average Bonchev–Trinajstić information content (AvgIpc) is 2.57. The van der Waals surface area contributed by atoms with E-state index in [1.165, 1.54) is 7.11 Å². The molecule has 1 rings (SSSR count). The van der Waals surface area contributed by atoms with E-state index in [1.807, 2.05) is 6.92 Å². The van der Waals surface area contributed by atoms with Crippen molar-refractivity contribution < 1.29 is 14.0 Å². The maximum Gasteiger partial charge on any atom is 0.311 e. The summed E-state index contributed by atoms with van der Waals surface area (Å²) in [5, 5.41) is 0. The normalized spacial score (nSPS) is 32.8. The Morgan fingerprint density at radius 1 is 1.31 bits per heavy atom. The van der Waals surface area contributed by atoms with Crippen molar-refractivity contribution in [1.82, 2.24) is 0 Å². The summed E-state index contributed by atoms with van der Waals surface area (Å²) in [6.45, 7) is 8.43. The summed E-state index contributed by atoms with van der Waals surface area (Å²) in [4.78, 5) is 11.2. The van der Waals surface area contributed by atoms with E-state index < -0.39 is 8.32 Å². The van der Waals surface area contributed by atoms with Crippen LogP contribution in [0.3, 0.4) is 0 Å². The fourth-order valence-electron chi connectivity index (χ4n) is 1.50. The summed E-state index contributed by atoms with van der Waals surface area (Å²) < 4.78 is 10.5. The van der Waals surface area contributed by atoms with Gasteiger partial charge in [0.25, 0.3) is 0 Å². The summed E-state index contributed by atoms with van der Waals surface area (Å²) in [7, 11) is -0.0783. The Morgan fingerprint density at radius 2 is 1.85 bits per heavy atom. The molecule has 0 amide bonds. The molecule has 0 aliphatic heterocycles. The molecular weight excluding hydrogens is 184 g/mol. The minimum absolute atomic E-state index is 0.0169. The van der Waals surface area contributed by atoms with Crippen LogP contribution in [0.4, 0.5) is 0 Å². The summed E-state index contributed by atoms with van der Waals surface area (Å²) >= 11 is 0. The van der Waals surface area contributed by atoms with Gasteiger partial charge in [0.15, 0.2) is 8.32 Å². The lowest BCUT2D eigenvalue weighted by atomic mass is 10.3. The maximum atomic E-state index is 11.2. The first-order valence-corrected chi connectivity index (χ1v) is 8.03. The van der Waals surface area contributed by atoms with Crippen LogP contribution in [-0.4, -0.2) is 27.5 Å². The van der Waals surface area contributed by atoms with Crippen LogP contribution < -0.4 is 0 Å². The van der Waals surface area contributed by atoms with Gasteiger partial charge in [0, 0.05) is 0 Å². The van der Waals surface area contributed by atoms with Crippen molar-refractivity contribution in [2.75, 3.05) is 7.11 Å². The van der Waals surface area contributed by atoms with E-state index in [2.05, 4.69) is 24.4 Å². The molecule has 4 heteroatoms. The van der Waals surface area contributed by atoms with E-state index in [4.69, 9.17) is 4.43 Å². The smallest absolute Gasteiger partial charge is 0.311 e. The SMILES string of the molecule is COC(=O)[C@@H]1[C@H](C)[C@@H]1O[Si](C)(C)C. The fraction of sp³-hybridized carbons (Fsp3) is 0.889. The number of hydrogen-bond acceptors (Lipinski definition) is 3. The van der Waals surface area contributed by atoms with Crippen LogP contribution in [0.2, 0.25) is 19.6 Å². The van der Waals surface area contributed by atoms with Gasteiger partial charge in [0.1, 0.15) is 0 Å². The fourth-order valence-corrected chi connectivity index (χ4v) is 2.68. The highest BCUT2D eigenvalue weighted by Gasteiger charge is 2.54. The van der Waals surface area contributed by atoms with Crippen LogP contribution in [-0.2, 0) is 14.0 Å². The van der Waals surface area contributed by atoms with Crippen molar-refractivity contribution in [1.29, 1.82) is 0 Å². The van der Waals surface area contributed by atoms with Gasteiger partial charge in [-0.2, -0.15) is 0 Å². The van der Waals surface area contributed by atoms with Crippen LogP contribution in [0.1, 0.15) is 6.92 Å². The third-order valence-electron chi connectivity index (χ3n) is 2.26. The largest absolute Gasteiger partial charge is 0.469 e. The quantitative estimate of drug-likeness (QED) is 0.515. The minimum atomic E-state index is -1.51. The zero-order chi connectivity index (χ0) is 10.2. The predicted molar refractivity (Wildman–Crippen MR) is 52.9 cm³/mol. The molecule has 1 saturated carbocycles. The average molecular weight is 202 g/mol. The molecule has 0 saturated heterocycles. The molecule has 0 spiro atoms. The highest BCUT2D eigenvalue weighted by molar-refractivity contribution is 6.69. The number of ether oxygens (including phenoxy) is 1. The van der Waals surface area contributed by atoms with Crippen molar-refractivity contribution in [3.63, 3.8) is 0 Å². The monoisotopic (exact) mass is 202 g/mol. The van der Waals surface area contributed by atoms with Gasteiger partial charge in [0.05, 0.1) is 19.1 Å². The molecule has 3 nitrogen and oxygen atoms in total. The van der Waals surface area contributed by atoms with Crippen LogP contribution in [0.5, 0.6) is 0 Å². The highest BCUT2D eigenvalue weighted by atomic mass is 28.4. The Labute approximate surface area is 80.5 Å². The Morgan fingerprint density at radius 3 is 2.23 bits per heavy atom. The lowest BCUT2D eigenvalue weighted by Crippen LogP contribution is -2.28. The van der Waals surface area contributed by atoms with Crippen LogP contribution in [0.25, 0.3) is 0 Å². The predicted octanol–water partition coefficient (Wildman–Crippen LogP) is 1.65. The van der Waals surface area contributed by atoms with Crippen LogP contribution in [0.15, 0.2) is 0 Å². The third kappa shape index (κ3) is 2.54. The Hall–Kier alpha value is -0.353. The third-order valence-corrected chi connectivity index (χ3v) is 3.24. The molecule has 0 aromatic carbocycles. The second kappa shape index (κ2) is 3.42. The molecule has 0 aromatic rings. The molecule has 0 bridgehead atoms. The van der Waals surface area contributed by atoms with Crippen molar-refractivity contribution in [2.24, 2.45) is 11.8 Å². The first kappa shape index (κ1) is 10.7. The zero-order valence-electron chi connectivity index (χ0n) is 8.96. The second-order valence-corrected chi connectivity index (χ2v) is 9.06. The topological polar surface area (TPSA) is 35.5 Å². The van der Waals surface area contributed by atoms with Gasteiger partial charge in [-0.15, -0.1) is 0 Å². The van der Waals surface area contributed by atoms with Gasteiger partial charge in [0.2, 0.25) is 0 Å². The Bertz CT molecular complexity index is 209. The molecule has 1 aliphatic carbocycles. The number of rotatable bonds is 3. The van der Waals surface area contributed by atoms with Gasteiger partial charge in [-0.1, -0.05) is 6.92 Å². The lowest BCUT2D eigenvalue weighted by Gasteiger charge is -2.16. The van der Waals surface area contributed by atoms with E-state index in [0.29, 0.717) is 5.92 Å². The van der Waals surface area contributed by atoms with Crippen LogP contribution >= 0.6 is 0 Å². The molecule has 0 heterocycles. The van der Waals surface area contributed by atoms with E-state index in [-0.39, 0.29) is 18.0 Å². The maximum absolute atomic E-state index is 11.2. The van der Waals surface area contributed by atoms with Gasteiger partial charge in [-0.25, -0.2) is 0 Å². The molecule has 0 aromatic heterocycles. The first-order valence-electron chi connectivity index (χ1n) is 4.62. The molecular formula is C9H18O3Si. The van der Waals surface area contributed by atoms with Gasteiger partial charge >= 0.3 is 5.97 Å². The molecule has 1 fully saturated rings. The summed E-state index contributed by atoms with van der Waals surface area (Å²) in [6.07, 6.45) is 0.110. The van der Waals surface area contributed by atoms with E-state index >= 15 is 0 Å². The summed E-state index contributed by atoms with van der Waals surface area (Å²) in [5.41, 5.74) is 0. The molecule has 0 radical (unpaired) electrons. The molecule has 0 unspecified atom stereocenters. The molecule has 0 N–H and O–H groups in total. The van der Waals surface area contributed by atoms with Gasteiger partial charge in [-0.05, 0) is 25.6 Å². The zero-order valence-corrected chi connectivity index (χ0v) is 9.96. The van der Waals surface area contributed by atoms with E-state index in [0.717, 1.165) is 0 Å². The second-order valence-electron chi connectivity index (χ2n) is 4.60. The van der Waals surface area contributed by atoms with Crippen molar-refractivity contribution in [3.05, 3.63) is 0 Å². The van der Waals surface area contributed by atoms with E-state index in [1.54, 1.807) is 0 Å². The Balaban J connectivity index is 2.45. The number of esters is 1.